The number of rotatable bonds is 10. The third kappa shape index (κ3) is 8.00. The van der Waals surface area contributed by atoms with Crippen molar-refractivity contribution in [3.05, 3.63) is 11.1 Å². The van der Waals surface area contributed by atoms with Crippen LogP contribution >= 0.6 is 0 Å². The van der Waals surface area contributed by atoms with Gasteiger partial charge < -0.3 is 5.11 Å². The van der Waals surface area contributed by atoms with Gasteiger partial charge in [-0.05, 0) is 26.2 Å². The molecule has 0 bridgehead atoms. The summed E-state index contributed by atoms with van der Waals surface area (Å²) in [5, 5.41) is 8.93. The van der Waals surface area contributed by atoms with E-state index in [4.69, 9.17) is 5.11 Å². The molecule has 0 spiro atoms. The van der Waals surface area contributed by atoms with Crippen molar-refractivity contribution in [2.24, 2.45) is 0 Å². The number of hydrogen-bond acceptors (Lipinski definition) is 1. The van der Waals surface area contributed by atoms with Gasteiger partial charge in [0.25, 0.3) is 0 Å². The molecule has 0 aromatic heterocycles. The first-order valence-corrected chi connectivity index (χ1v) is 7.05. The average molecular weight is 240 g/mol. The largest absolute Gasteiger partial charge is 0.478 e. The molecule has 0 rings (SSSR count). The summed E-state index contributed by atoms with van der Waals surface area (Å²) in [4.78, 5) is 10.8. The lowest BCUT2D eigenvalue weighted by atomic mass is 9.99. The molecule has 0 saturated heterocycles. The van der Waals surface area contributed by atoms with E-state index in [9.17, 15) is 4.79 Å². The molecule has 0 unspecified atom stereocenters. The molecule has 0 radical (unpaired) electrons. The summed E-state index contributed by atoms with van der Waals surface area (Å²) >= 11 is 0. The molecule has 0 aromatic carbocycles. The summed E-state index contributed by atoms with van der Waals surface area (Å²) < 4.78 is 0. The fourth-order valence-corrected chi connectivity index (χ4v) is 2.08. The molecule has 0 aliphatic rings. The fraction of sp³-hybridized carbons (Fsp3) is 0.800. The van der Waals surface area contributed by atoms with Crippen molar-refractivity contribution < 1.29 is 9.90 Å². The molecule has 2 nitrogen and oxygen atoms in total. The lowest BCUT2D eigenvalue weighted by molar-refractivity contribution is -0.132. The molecule has 2 heteroatoms. The van der Waals surface area contributed by atoms with Crippen molar-refractivity contribution in [2.45, 2.75) is 78.6 Å². The van der Waals surface area contributed by atoms with Crippen LogP contribution in [0.4, 0.5) is 0 Å². The van der Waals surface area contributed by atoms with E-state index in [1.807, 2.05) is 6.92 Å². The number of aliphatic carboxylic acids is 1. The quantitative estimate of drug-likeness (QED) is 0.434. The van der Waals surface area contributed by atoms with E-state index in [0.29, 0.717) is 5.57 Å². The van der Waals surface area contributed by atoms with Gasteiger partial charge >= 0.3 is 5.97 Å². The summed E-state index contributed by atoms with van der Waals surface area (Å²) in [6, 6.07) is 0. The van der Waals surface area contributed by atoms with Crippen molar-refractivity contribution >= 4 is 5.97 Å². The van der Waals surface area contributed by atoms with Gasteiger partial charge in [0, 0.05) is 5.57 Å². The number of carbonyl (C=O) groups is 1. The van der Waals surface area contributed by atoms with Crippen LogP contribution in [0, 0.1) is 0 Å². The van der Waals surface area contributed by atoms with Crippen LogP contribution in [0.3, 0.4) is 0 Å². The fourth-order valence-electron chi connectivity index (χ4n) is 2.08. The third-order valence-electron chi connectivity index (χ3n) is 3.36. The van der Waals surface area contributed by atoms with Gasteiger partial charge in [-0.15, -0.1) is 0 Å². The van der Waals surface area contributed by atoms with Gasteiger partial charge in [-0.25, -0.2) is 4.79 Å². The maximum absolute atomic E-state index is 10.8. The van der Waals surface area contributed by atoms with E-state index in [2.05, 4.69) is 6.92 Å². The second kappa shape index (κ2) is 10.4. The third-order valence-corrected chi connectivity index (χ3v) is 3.36. The van der Waals surface area contributed by atoms with Gasteiger partial charge in [0.2, 0.25) is 0 Å². The van der Waals surface area contributed by atoms with E-state index >= 15 is 0 Å². The van der Waals surface area contributed by atoms with Gasteiger partial charge in [-0.2, -0.15) is 0 Å². The Labute approximate surface area is 106 Å². The minimum atomic E-state index is -0.759. The smallest absolute Gasteiger partial charge is 0.331 e. The van der Waals surface area contributed by atoms with Gasteiger partial charge in [0.05, 0.1) is 0 Å². The van der Waals surface area contributed by atoms with Crippen LogP contribution in [0.15, 0.2) is 11.1 Å². The molecule has 0 atom stereocenters. The van der Waals surface area contributed by atoms with Crippen molar-refractivity contribution in [3.63, 3.8) is 0 Å². The Balaban J connectivity index is 3.71. The Morgan fingerprint density at radius 2 is 1.47 bits per heavy atom. The number of hydrogen-bond donors (Lipinski definition) is 1. The Bertz CT molecular complexity index is 241. The van der Waals surface area contributed by atoms with Crippen molar-refractivity contribution in [2.75, 3.05) is 0 Å². The van der Waals surface area contributed by atoms with Crippen molar-refractivity contribution in [1.29, 1.82) is 0 Å². The highest BCUT2D eigenvalue weighted by atomic mass is 16.4. The Morgan fingerprint density at radius 3 is 1.94 bits per heavy atom. The molecular weight excluding hydrogens is 212 g/mol. The molecule has 17 heavy (non-hydrogen) atoms. The maximum atomic E-state index is 10.8. The van der Waals surface area contributed by atoms with Crippen LogP contribution in [0.1, 0.15) is 78.6 Å². The van der Waals surface area contributed by atoms with E-state index in [1.54, 1.807) is 6.92 Å². The predicted molar refractivity (Wildman–Crippen MR) is 73.2 cm³/mol. The maximum Gasteiger partial charge on any atom is 0.331 e. The Kier molecular flexibility index (Phi) is 9.89. The van der Waals surface area contributed by atoms with Gasteiger partial charge in [-0.1, -0.05) is 57.9 Å². The highest BCUT2D eigenvalue weighted by molar-refractivity contribution is 5.86. The zero-order chi connectivity index (χ0) is 13.1. The van der Waals surface area contributed by atoms with Crippen LogP contribution in [-0.2, 0) is 4.79 Å². The summed E-state index contributed by atoms with van der Waals surface area (Å²) in [5.74, 6) is -0.759. The first kappa shape index (κ1) is 16.2. The van der Waals surface area contributed by atoms with Crippen LogP contribution in [0.5, 0.6) is 0 Å². The summed E-state index contributed by atoms with van der Waals surface area (Å²) in [7, 11) is 0. The normalized spacial score (nSPS) is 12.4. The second-order valence-electron chi connectivity index (χ2n) is 4.76. The molecule has 0 heterocycles. The molecule has 0 amide bonds. The molecule has 0 aliphatic heterocycles. The molecular formula is C15H28O2. The van der Waals surface area contributed by atoms with Crippen molar-refractivity contribution in [1.82, 2.24) is 0 Å². The van der Waals surface area contributed by atoms with E-state index in [0.717, 1.165) is 24.8 Å². The Hall–Kier alpha value is -0.790. The minimum absolute atomic E-state index is 0.554. The van der Waals surface area contributed by atoms with Crippen molar-refractivity contribution in [3.8, 4) is 0 Å². The topological polar surface area (TPSA) is 37.3 Å². The van der Waals surface area contributed by atoms with Crippen LogP contribution in [-0.4, -0.2) is 11.1 Å². The van der Waals surface area contributed by atoms with E-state index < -0.39 is 5.97 Å². The molecule has 0 aliphatic carbocycles. The number of allylic oxidation sites excluding steroid dienone is 1. The van der Waals surface area contributed by atoms with E-state index in [-0.39, 0.29) is 0 Å². The van der Waals surface area contributed by atoms with Crippen LogP contribution in [0.2, 0.25) is 0 Å². The monoisotopic (exact) mass is 240 g/mol. The minimum Gasteiger partial charge on any atom is -0.478 e. The van der Waals surface area contributed by atoms with Gasteiger partial charge in [0.15, 0.2) is 0 Å². The van der Waals surface area contributed by atoms with Crippen LogP contribution < -0.4 is 0 Å². The first-order valence-electron chi connectivity index (χ1n) is 7.05. The zero-order valence-electron chi connectivity index (χ0n) is 11.7. The van der Waals surface area contributed by atoms with Gasteiger partial charge in [-0.3, -0.25) is 0 Å². The number of unbranched alkanes of at least 4 members (excludes halogenated alkanes) is 6. The van der Waals surface area contributed by atoms with Crippen LogP contribution in [0.25, 0.3) is 0 Å². The standard InChI is InChI=1S/C15H28O2/c1-4-6-7-8-9-10-11-12-14(5-2)13(3)15(16)17/h4-12H2,1-3H3,(H,16,17). The summed E-state index contributed by atoms with van der Waals surface area (Å²) in [6.07, 6.45) is 10.8. The average Bonchev–Trinajstić information content (AvgIpc) is 2.32. The molecule has 1 N–H and O–H groups in total. The molecule has 100 valence electrons. The number of carboxylic acids is 1. The molecule has 0 fully saturated rings. The summed E-state index contributed by atoms with van der Waals surface area (Å²) in [5.41, 5.74) is 1.67. The Morgan fingerprint density at radius 1 is 0.941 bits per heavy atom. The first-order chi connectivity index (χ1) is 8.13. The summed E-state index contributed by atoms with van der Waals surface area (Å²) in [6.45, 7) is 6.00. The lowest BCUT2D eigenvalue weighted by Gasteiger charge is -2.07. The second-order valence-corrected chi connectivity index (χ2v) is 4.76. The molecule has 0 aromatic rings. The zero-order valence-corrected chi connectivity index (χ0v) is 11.7. The van der Waals surface area contributed by atoms with Gasteiger partial charge in [0.1, 0.15) is 0 Å². The SMILES string of the molecule is CCCCCCCCCC(CC)=C(C)C(=O)O. The van der Waals surface area contributed by atoms with E-state index in [1.165, 1.54) is 38.5 Å². The highest BCUT2D eigenvalue weighted by Gasteiger charge is 2.07. The highest BCUT2D eigenvalue weighted by Crippen LogP contribution is 2.18. The predicted octanol–water partition coefficient (Wildman–Crippen LogP) is 4.94. The number of carboxylic acid groups (broad SMARTS) is 1. The molecule has 0 saturated carbocycles. The lowest BCUT2D eigenvalue weighted by Crippen LogP contribution is -2.01.